The standard InChI is InChI=1S/C16H22INOS/c1-12-7-6-8-13(14(12)17)15(19)18-11-16(20-2)9-4-3-5-10-16/h6-8H,3-5,9-11H2,1-2H3,(H,18,19). The summed E-state index contributed by atoms with van der Waals surface area (Å²) in [6.45, 7) is 2.83. The van der Waals surface area contributed by atoms with Gasteiger partial charge in [-0.25, -0.2) is 0 Å². The fourth-order valence-electron chi connectivity index (χ4n) is 2.81. The van der Waals surface area contributed by atoms with E-state index >= 15 is 0 Å². The molecule has 20 heavy (non-hydrogen) atoms. The van der Waals surface area contributed by atoms with E-state index in [0.717, 1.165) is 21.2 Å². The molecule has 0 spiro atoms. The lowest BCUT2D eigenvalue weighted by Gasteiger charge is -2.35. The van der Waals surface area contributed by atoms with E-state index in [1.807, 2.05) is 36.9 Å². The second-order valence-corrected chi connectivity index (χ2v) is 7.92. The summed E-state index contributed by atoms with van der Waals surface area (Å²) in [6.07, 6.45) is 8.54. The molecule has 2 nitrogen and oxygen atoms in total. The van der Waals surface area contributed by atoms with Crippen molar-refractivity contribution in [3.05, 3.63) is 32.9 Å². The highest BCUT2D eigenvalue weighted by Gasteiger charge is 2.31. The predicted octanol–water partition coefficient (Wildman–Crippen LogP) is 4.40. The molecule has 1 aromatic carbocycles. The van der Waals surface area contributed by atoms with Crippen molar-refractivity contribution in [3.8, 4) is 0 Å². The Morgan fingerprint density at radius 2 is 2.05 bits per heavy atom. The van der Waals surface area contributed by atoms with Crippen LogP contribution >= 0.6 is 34.4 Å². The van der Waals surface area contributed by atoms with Crippen LogP contribution in [0.2, 0.25) is 0 Å². The number of hydrogen-bond acceptors (Lipinski definition) is 2. The van der Waals surface area contributed by atoms with Gasteiger partial charge >= 0.3 is 0 Å². The van der Waals surface area contributed by atoms with Gasteiger partial charge in [-0.3, -0.25) is 4.79 Å². The monoisotopic (exact) mass is 403 g/mol. The van der Waals surface area contributed by atoms with Crippen LogP contribution in [-0.4, -0.2) is 23.5 Å². The SMILES string of the molecule is CSC1(CNC(=O)c2cccc(C)c2I)CCCCC1. The predicted molar refractivity (Wildman–Crippen MR) is 95.6 cm³/mol. The van der Waals surface area contributed by atoms with E-state index in [9.17, 15) is 4.79 Å². The Morgan fingerprint density at radius 1 is 1.35 bits per heavy atom. The highest BCUT2D eigenvalue weighted by molar-refractivity contribution is 14.1. The van der Waals surface area contributed by atoms with Crippen molar-refractivity contribution < 1.29 is 4.79 Å². The number of carbonyl (C=O) groups is 1. The molecule has 0 bridgehead atoms. The summed E-state index contributed by atoms with van der Waals surface area (Å²) < 4.78 is 1.31. The molecule has 1 aliphatic carbocycles. The zero-order valence-corrected chi connectivity index (χ0v) is 15.1. The molecule has 1 fully saturated rings. The minimum absolute atomic E-state index is 0.0668. The van der Waals surface area contributed by atoms with Crippen LogP contribution in [0.15, 0.2) is 18.2 Å². The molecular weight excluding hydrogens is 381 g/mol. The molecule has 0 heterocycles. The Labute approximate surface area is 139 Å². The van der Waals surface area contributed by atoms with Crippen LogP contribution in [0.5, 0.6) is 0 Å². The Bertz CT molecular complexity index is 483. The third kappa shape index (κ3) is 3.70. The van der Waals surface area contributed by atoms with Gasteiger partial charge in [-0.1, -0.05) is 31.4 Å². The number of rotatable bonds is 4. The lowest BCUT2D eigenvalue weighted by Crippen LogP contribution is -2.42. The van der Waals surface area contributed by atoms with Crippen molar-refractivity contribution in [3.63, 3.8) is 0 Å². The number of nitrogens with one attached hydrogen (secondary N) is 1. The number of aryl methyl sites for hydroxylation is 1. The summed E-state index contributed by atoms with van der Waals surface area (Å²) in [5, 5.41) is 3.16. The minimum Gasteiger partial charge on any atom is -0.351 e. The molecule has 1 aromatic rings. The number of thioether (sulfide) groups is 1. The fraction of sp³-hybridized carbons (Fsp3) is 0.562. The molecule has 1 N–H and O–H groups in total. The zero-order valence-electron chi connectivity index (χ0n) is 12.2. The van der Waals surface area contributed by atoms with Gasteiger partial charge in [-0.2, -0.15) is 11.8 Å². The van der Waals surface area contributed by atoms with Crippen LogP contribution in [0, 0.1) is 10.5 Å². The number of benzene rings is 1. The van der Waals surface area contributed by atoms with Gasteiger partial charge in [0.05, 0.1) is 5.56 Å². The topological polar surface area (TPSA) is 29.1 Å². The summed E-state index contributed by atoms with van der Waals surface area (Å²) in [5.41, 5.74) is 1.97. The number of halogens is 1. The van der Waals surface area contributed by atoms with Crippen molar-refractivity contribution in [1.29, 1.82) is 0 Å². The van der Waals surface area contributed by atoms with Crippen molar-refractivity contribution in [2.75, 3.05) is 12.8 Å². The Kier molecular flexibility index (Phi) is 5.78. The van der Waals surface area contributed by atoms with Crippen LogP contribution in [0.3, 0.4) is 0 Å². The van der Waals surface area contributed by atoms with Crippen LogP contribution < -0.4 is 5.32 Å². The van der Waals surface area contributed by atoms with Gasteiger partial charge in [0.25, 0.3) is 5.91 Å². The van der Waals surface area contributed by atoms with Gasteiger partial charge in [-0.15, -0.1) is 0 Å². The zero-order chi connectivity index (χ0) is 14.6. The number of hydrogen-bond donors (Lipinski definition) is 1. The molecule has 1 saturated carbocycles. The first-order chi connectivity index (χ1) is 9.58. The molecule has 1 amide bonds. The number of amides is 1. The molecular formula is C16H22INOS. The van der Waals surface area contributed by atoms with Gasteiger partial charge in [0.1, 0.15) is 0 Å². The normalized spacial score (nSPS) is 17.8. The van der Waals surface area contributed by atoms with Crippen molar-refractivity contribution >= 4 is 40.3 Å². The maximum atomic E-state index is 12.4. The molecule has 0 atom stereocenters. The molecule has 0 saturated heterocycles. The summed E-state index contributed by atoms with van der Waals surface area (Å²) >= 11 is 4.18. The average molecular weight is 403 g/mol. The maximum Gasteiger partial charge on any atom is 0.252 e. The van der Waals surface area contributed by atoms with Crippen molar-refractivity contribution in [2.45, 2.75) is 43.8 Å². The smallest absolute Gasteiger partial charge is 0.252 e. The highest BCUT2D eigenvalue weighted by atomic mass is 127. The van der Waals surface area contributed by atoms with E-state index in [2.05, 4.69) is 34.2 Å². The van der Waals surface area contributed by atoms with Gasteiger partial charge < -0.3 is 5.32 Å². The molecule has 1 aliphatic rings. The second-order valence-electron chi connectivity index (χ2n) is 5.57. The van der Waals surface area contributed by atoms with Crippen LogP contribution in [-0.2, 0) is 0 Å². The minimum atomic E-state index is 0.0668. The van der Waals surface area contributed by atoms with Crippen molar-refractivity contribution in [1.82, 2.24) is 5.32 Å². The third-order valence-corrected chi connectivity index (χ3v) is 7.06. The average Bonchev–Trinajstić information content (AvgIpc) is 2.48. The van der Waals surface area contributed by atoms with Crippen LogP contribution in [0.25, 0.3) is 0 Å². The molecule has 110 valence electrons. The van der Waals surface area contributed by atoms with Crippen LogP contribution in [0.1, 0.15) is 48.0 Å². The van der Waals surface area contributed by atoms with Gasteiger partial charge in [0, 0.05) is 14.9 Å². The summed E-state index contributed by atoms with van der Waals surface area (Å²) in [7, 11) is 0. The Balaban J connectivity index is 2.02. The Morgan fingerprint density at radius 3 is 2.70 bits per heavy atom. The van der Waals surface area contributed by atoms with E-state index < -0.39 is 0 Å². The van der Waals surface area contributed by atoms with E-state index in [0.29, 0.717) is 0 Å². The highest BCUT2D eigenvalue weighted by Crippen LogP contribution is 2.38. The quantitative estimate of drug-likeness (QED) is 0.756. The van der Waals surface area contributed by atoms with Crippen LogP contribution in [0.4, 0.5) is 0 Å². The van der Waals surface area contributed by atoms with Gasteiger partial charge in [0.15, 0.2) is 0 Å². The van der Waals surface area contributed by atoms with E-state index in [1.54, 1.807) is 0 Å². The maximum absolute atomic E-state index is 12.4. The molecule has 0 aromatic heterocycles. The van der Waals surface area contributed by atoms with E-state index in [1.165, 1.54) is 32.1 Å². The molecule has 0 aliphatic heterocycles. The fourth-order valence-corrected chi connectivity index (χ4v) is 4.33. The molecule has 0 radical (unpaired) electrons. The lowest BCUT2D eigenvalue weighted by atomic mass is 9.88. The molecule has 4 heteroatoms. The first-order valence-electron chi connectivity index (χ1n) is 7.16. The first-order valence-corrected chi connectivity index (χ1v) is 9.47. The molecule has 0 unspecified atom stereocenters. The number of carbonyl (C=O) groups excluding carboxylic acids is 1. The summed E-state index contributed by atoms with van der Waals surface area (Å²) in [5.74, 6) is 0.0668. The molecule has 2 rings (SSSR count). The van der Waals surface area contributed by atoms with Gasteiger partial charge in [0.2, 0.25) is 0 Å². The van der Waals surface area contributed by atoms with Crippen molar-refractivity contribution in [2.24, 2.45) is 0 Å². The second kappa shape index (κ2) is 7.16. The Hall–Kier alpha value is -0.230. The summed E-state index contributed by atoms with van der Waals surface area (Å²) in [6, 6.07) is 5.91. The van der Waals surface area contributed by atoms with E-state index in [4.69, 9.17) is 0 Å². The third-order valence-electron chi connectivity index (χ3n) is 4.21. The first kappa shape index (κ1) is 16.1. The van der Waals surface area contributed by atoms with E-state index in [-0.39, 0.29) is 10.7 Å². The van der Waals surface area contributed by atoms with Gasteiger partial charge in [-0.05, 0) is 60.2 Å². The largest absolute Gasteiger partial charge is 0.351 e. The lowest BCUT2D eigenvalue weighted by molar-refractivity contribution is 0.0946. The summed E-state index contributed by atoms with van der Waals surface area (Å²) in [4.78, 5) is 12.4.